The first-order valence-corrected chi connectivity index (χ1v) is 17.4. The fraction of sp³-hybridized carbons (Fsp3) is 0.605. The van der Waals surface area contributed by atoms with Gasteiger partial charge in [0.25, 0.3) is 5.91 Å². The maximum Gasteiger partial charge on any atom is 0.306 e. The number of amides is 1. The first-order chi connectivity index (χ1) is 21.9. The number of aliphatic imine (C=N–C) groups is 1. The number of aliphatic carboxylic acids is 1. The Morgan fingerprint density at radius 2 is 1.83 bits per heavy atom. The number of aromatic nitrogens is 1. The van der Waals surface area contributed by atoms with Crippen LogP contribution in [0.2, 0.25) is 0 Å². The number of aryl methyl sites for hydroxylation is 1. The summed E-state index contributed by atoms with van der Waals surface area (Å²) in [6.45, 7) is 11.4. The number of nitrogens with zero attached hydrogens (tertiary/aromatic N) is 3. The Hall–Kier alpha value is -3.39. The van der Waals surface area contributed by atoms with Gasteiger partial charge in [0.15, 0.2) is 5.78 Å². The maximum atomic E-state index is 13.9. The molecule has 246 valence electrons. The number of hydrogen-bond donors (Lipinski definition) is 2. The number of nitrogens with one attached hydrogen (secondary N) is 1. The van der Waals surface area contributed by atoms with Crippen molar-refractivity contribution in [3.05, 3.63) is 58.4 Å². The molecule has 1 saturated carbocycles. The molecule has 0 spiro atoms. The molecule has 3 heterocycles. The number of benzene rings is 1. The van der Waals surface area contributed by atoms with Gasteiger partial charge in [0.1, 0.15) is 0 Å². The Kier molecular flexibility index (Phi) is 9.47. The number of Topliss-reactive ketones (excluding diaryl/α,β-unsaturated/α-hetero) is 1. The van der Waals surface area contributed by atoms with Crippen LogP contribution in [0.5, 0.6) is 0 Å². The lowest BCUT2D eigenvalue weighted by molar-refractivity contribution is -0.143. The quantitative estimate of drug-likeness (QED) is 0.319. The highest BCUT2D eigenvalue weighted by molar-refractivity contribution is 6.41. The van der Waals surface area contributed by atoms with Gasteiger partial charge >= 0.3 is 5.97 Å². The SMILES string of the molecule is CC1CC(NC(=O)c2cccc([C@@H](CCN3CCC(C(=O)O)CC3)CC(=O)C3=Nc4cc5c(nc4C3)CC[C@H](C(C)(C)C)C5)c2)C1. The van der Waals surface area contributed by atoms with E-state index < -0.39 is 5.97 Å². The number of rotatable bonds is 10. The summed E-state index contributed by atoms with van der Waals surface area (Å²) in [6.07, 6.45) is 7.99. The van der Waals surface area contributed by atoms with Crippen molar-refractivity contribution in [1.82, 2.24) is 15.2 Å². The molecule has 2 aromatic rings. The van der Waals surface area contributed by atoms with Gasteiger partial charge in [-0.25, -0.2) is 4.99 Å². The number of carbonyl (C=O) groups is 3. The molecular formula is C38H50N4O4. The molecule has 1 aromatic heterocycles. The number of carboxylic acid groups (broad SMARTS) is 1. The number of likely N-dealkylation sites (tertiary alicyclic amines) is 1. The summed E-state index contributed by atoms with van der Waals surface area (Å²) in [6, 6.07) is 10.2. The Balaban J connectivity index is 1.17. The number of hydrogen-bond acceptors (Lipinski definition) is 6. The standard InChI is InChI=1S/C38H50N4O4/c1-23-16-30(17-23)39-36(44)27-7-5-6-25(18-27)26(12-15-42-13-10-24(11-14-42)37(45)46)21-35(43)34-22-33-32(41-34)20-28-19-29(38(2,3)4)8-9-31(28)40-33/h5-7,18,20,23-24,26,29-30H,8-17,19,21-22H2,1-4H3,(H,39,44)(H,45,46)/t23?,26-,29-,30?/m0/s1. The van der Waals surface area contributed by atoms with Crippen LogP contribution in [0, 0.1) is 23.2 Å². The Labute approximate surface area is 273 Å². The van der Waals surface area contributed by atoms with Crippen molar-refractivity contribution in [3.8, 4) is 0 Å². The Morgan fingerprint density at radius 1 is 1.07 bits per heavy atom. The third-order valence-electron chi connectivity index (χ3n) is 11.1. The largest absolute Gasteiger partial charge is 0.481 e. The van der Waals surface area contributed by atoms with Crippen LogP contribution in [-0.4, -0.2) is 64.0 Å². The van der Waals surface area contributed by atoms with E-state index in [1.807, 2.05) is 24.3 Å². The molecule has 6 rings (SSSR count). The number of fused-ring (bicyclic) bond motifs is 2. The van der Waals surface area contributed by atoms with E-state index in [9.17, 15) is 19.5 Å². The molecule has 2 fully saturated rings. The predicted molar refractivity (Wildman–Crippen MR) is 180 cm³/mol. The van der Waals surface area contributed by atoms with Gasteiger partial charge in [0.05, 0.1) is 23.0 Å². The molecule has 8 nitrogen and oxygen atoms in total. The smallest absolute Gasteiger partial charge is 0.306 e. The fourth-order valence-corrected chi connectivity index (χ4v) is 7.86. The van der Waals surface area contributed by atoms with Gasteiger partial charge in [0.2, 0.25) is 0 Å². The van der Waals surface area contributed by atoms with Crippen molar-refractivity contribution in [3.63, 3.8) is 0 Å². The second-order valence-electron chi connectivity index (χ2n) is 15.5. The van der Waals surface area contributed by atoms with Gasteiger partial charge in [-0.15, -0.1) is 0 Å². The fourth-order valence-electron chi connectivity index (χ4n) is 7.86. The Bertz CT molecular complexity index is 1510. The molecule has 8 heteroatoms. The monoisotopic (exact) mass is 626 g/mol. The van der Waals surface area contributed by atoms with Crippen LogP contribution >= 0.6 is 0 Å². The van der Waals surface area contributed by atoms with Crippen LogP contribution in [0.4, 0.5) is 5.69 Å². The lowest BCUT2D eigenvalue weighted by Gasteiger charge is -2.34. The predicted octanol–water partition coefficient (Wildman–Crippen LogP) is 6.32. The molecule has 2 aliphatic heterocycles. The number of pyridine rings is 1. The lowest BCUT2D eigenvalue weighted by atomic mass is 9.71. The molecule has 0 unspecified atom stereocenters. The minimum absolute atomic E-state index is 0.0384. The second-order valence-corrected chi connectivity index (χ2v) is 15.5. The molecule has 1 aromatic carbocycles. The first kappa shape index (κ1) is 32.5. The van der Waals surface area contributed by atoms with Crippen LogP contribution < -0.4 is 5.32 Å². The normalized spacial score (nSPS) is 23.9. The summed E-state index contributed by atoms with van der Waals surface area (Å²) in [5.74, 6) is 0.174. The first-order valence-electron chi connectivity index (χ1n) is 17.4. The Morgan fingerprint density at radius 3 is 2.52 bits per heavy atom. The highest BCUT2D eigenvalue weighted by Gasteiger charge is 2.33. The van der Waals surface area contributed by atoms with Gasteiger partial charge < -0.3 is 15.3 Å². The second kappa shape index (κ2) is 13.4. The zero-order valence-corrected chi connectivity index (χ0v) is 28.0. The molecule has 0 radical (unpaired) electrons. The summed E-state index contributed by atoms with van der Waals surface area (Å²) >= 11 is 0. The summed E-state index contributed by atoms with van der Waals surface area (Å²) in [7, 11) is 0. The van der Waals surface area contributed by atoms with Crippen molar-refractivity contribution in [1.29, 1.82) is 0 Å². The summed E-state index contributed by atoms with van der Waals surface area (Å²) in [4.78, 5) is 50.6. The topological polar surface area (TPSA) is 112 Å². The summed E-state index contributed by atoms with van der Waals surface area (Å²) in [5.41, 5.74) is 6.65. The highest BCUT2D eigenvalue weighted by atomic mass is 16.4. The van der Waals surface area contributed by atoms with Crippen LogP contribution in [0.3, 0.4) is 0 Å². The van der Waals surface area contributed by atoms with Crippen molar-refractivity contribution < 1.29 is 19.5 Å². The zero-order valence-electron chi connectivity index (χ0n) is 28.0. The van der Waals surface area contributed by atoms with E-state index in [1.165, 1.54) is 11.3 Å². The minimum atomic E-state index is -0.711. The van der Waals surface area contributed by atoms with E-state index in [-0.39, 0.29) is 35.0 Å². The molecule has 1 saturated heterocycles. The van der Waals surface area contributed by atoms with Crippen molar-refractivity contribution in [2.24, 2.45) is 28.2 Å². The van der Waals surface area contributed by atoms with Gasteiger partial charge in [-0.1, -0.05) is 39.8 Å². The lowest BCUT2D eigenvalue weighted by Crippen LogP contribution is -2.43. The molecule has 2 aliphatic carbocycles. The van der Waals surface area contributed by atoms with E-state index in [1.54, 1.807) is 0 Å². The van der Waals surface area contributed by atoms with Crippen LogP contribution in [0.15, 0.2) is 35.3 Å². The van der Waals surface area contributed by atoms with Gasteiger partial charge in [-0.3, -0.25) is 19.4 Å². The number of carbonyl (C=O) groups excluding carboxylic acids is 2. The van der Waals surface area contributed by atoms with Crippen LogP contribution in [0.25, 0.3) is 0 Å². The number of ketones is 1. The van der Waals surface area contributed by atoms with Gasteiger partial charge in [-0.2, -0.15) is 0 Å². The molecule has 2 atom stereocenters. The molecular weight excluding hydrogens is 576 g/mol. The maximum absolute atomic E-state index is 13.9. The average Bonchev–Trinajstić information content (AvgIpc) is 3.43. The molecule has 0 bridgehead atoms. The van der Waals surface area contributed by atoms with Crippen LogP contribution in [-0.2, 0) is 28.9 Å². The summed E-state index contributed by atoms with van der Waals surface area (Å²) in [5, 5.41) is 12.6. The highest BCUT2D eigenvalue weighted by Crippen LogP contribution is 2.39. The zero-order chi connectivity index (χ0) is 32.6. The van der Waals surface area contributed by atoms with E-state index in [4.69, 9.17) is 9.98 Å². The minimum Gasteiger partial charge on any atom is -0.481 e. The third kappa shape index (κ3) is 7.43. The van der Waals surface area contributed by atoms with E-state index >= 15 is 0 Å². The third-order valence-corrected chi connectivity index (χ3v) is 11.1. The van der Waals surface area contributed by atoms with Crippen LogP contribution in [0.1, 0.15) is 111 Å². The molecule has 2 N–H and O–H groups in total. The van der Waals surface area contributed by atoms with E-state index in [0.29, 0.717) is 48.8 Å². The molecule has 46 heavy (non-hydrogen) atoms. The van der Waals surface area contributed by atoms with Gasteiger partial charge in [0, 0.05) is 30.1 Å². The number of piperidine rings is 1. The van der Waals surface area contributed by atoms with E-state index in [0.717, 1.165) is 75.1 Å². The van der Waals surface area contributed by atoms with Crippen molar-refractivity contribution >= 4 is 29.1 Å². The molecule has 1 amide bonds. The number of carboxylic acids is 1. The van der Waals surface area contributed by atoms with Crippen molar-refractivity contribution in [2.75, 3.05) is 19.6 Å². The van der Waals surface area contributed by atoms with E-state index in [2.05, 4.69) is 44.0 Å². The van der Waals surface area contributed by atoms with Gasteiger partial charge in [-0.05, 0) is 123 Å². The van der Waals surface area contributed by atoms with Crippen molar-refractivity contribution in [2.45, 2.75) is 104 Å². The summed E-state index contributed by atoms with van der Waals surface area (Å²) < 4.78 is 0. The average molecular weight is 627 g/mol. The molecule has 4 aliphatic rings.